The van der Waals surface area contributed by atoms with Crippen molar-refractivity contribution in [1.29, 1.82) is 0 Å². The van der Waals surface area contributed by atoms with Crippen LogP contribution in [0.1, 0.15) is 12.5 Å². The third kappa shape index (κ3) is 3.62. The summed E-state index contributed by atoms with van der Waals surface area (Å²) >= 11 is 0. The molecule has 0 atom stereocenters. The van der Waals surface area contributed by atoms with Crippen molar-refractivity contribution in [2.24, 2.45) is 0 Å². The molecule has 0 spiro atoms. The summed E-state index contributed by atoms with van der Waals surface area (Å²) in [7, 11) is -4.26. The number of ether oxygens (including phenoxy) is 1. The zero-order valence-corrected chi connectivity index (χ0v) is 13.8. The average molecular weight is 354 g/mol. The van der Waals surface area contributed by atoms with Gasteiger partial charge < -0.3 is 4.74 Å². The summed E-state index contributed by atoms with van der Waals surface area (Å²) < 4.78 is 46.0. The lowest BCUT2D eigenvalue weighted by atomic mass is 10.2. The topological polar surface area (TPSA) is 98.5 Å². The molecule has 0 aliphatic carbocycles. The van der Waals surface area contributed by atoms with Gasteiger partial charge in [-0.1, -0.05) is 12.1 Å². The van der Waals surface area contributed by atoms with Crippen LogP contribution in [-0.2, 0) is 10.0 Å². The van der Waals surface area contributed by atoms with Gasteiger partial charge in [-0.15, -0.1) is 0 Å². The molecule has 1 N–H and O–H groups in total. The van der Waals surface area contributed by atoms with E-state index in [1.807, 2.05) is 0 Å². The van der Waals surface area contributed by atoms with Crippen molar-refractivity contribution in [1.82, 2.24) is 0 Å². The Kier molecular flexibility index (Phi) is 5.03. The van der Waals surface area contributed by atoms with Gasteiger partial charge in [0.25, 0.3) is 15.7 Å². The summed E-state index contributed by atoms with van der Waals surface area (Å²) in [5, 5.41) is 11.1. The van der Waals surface area contributed by atoms with Gasteiger partial charge in [-0.05, 0) is 31.5 Å². The molecule has 0 saturated carbocycles. The van der Waals surface area contributed by atoms with E-state index in [-0.39, 0.29) is 23.6 Å². The molecular weight excluding hydrogens is 339 g/mol. The van der Waals surface area contributed by atoms with Gasteiger partial charge in [0.2, 0.25) is 0 Å². The SMILES string of the molecule is CCOc1ccc(NS(=O)(=O)c2c(C)cccc2[N+](=O)[O-])cc1F. The van der Waals surface area contributed by atoms with Crippen LogP contribution in [0.25, 0.3) is 0 Å². The Morgan fingerprint density at radius 2 is 2.00 bits per heavy atom. The average Bonchev–Trinajstić information content (AvgIpc) is 2.49. The maximum absolute atomic E-state index is 13.8. The minimum atomic E-state index is -4.26. The van der Waals surface area contributed by atoms with Crippen molar-refractivity contribution in [2.75, 3.05) is 11.3 Å². The van der Waals surface area contributed by atoms with Gasteiger partial charge >= 0.3 is 0 Å². The number of aryl methyl sites for hydroxylation is 1. The van der Waals surface area contributed by atoms with Crippen LogP contribution in [0.4, 0.5) is 15.8 Å². The first-order chi connectivity index (χ1) is 11.3. The van der Waals surface area contributed by atoms with Crippen LogP contribution in [0.3, 0.4) is 0 Å². The monoisotopic (exact) mass is 354 g/mol. The van der Waals surface area contributed by atoms with E-state index in [4.69, 9.17) is 4.74 Å². The lowest BCUT2D eigenvalue weighted by Crippen LogP contribution is -2.16. The number of nitro benzene ring substituents is 1. The number of hydrogen-bond donors (Lipinski definition) is 1. The van der Waals surface area contributed by atoms with Gasteiger partial charge in [-0.3, -0.25) is 14.8 Å². The van der Waals surface area contributed by atoms with Crippen LogP contribution in [0, 0.1) is 22.9 Å². The van der Waals surface area contributed by atoms with E-state index in [1.54, 1.807) is 6.92 Å². The number of rotatable bonds is 6. The van der Waals surface area contributed by atoms with E-state index in [0.29, 0.717) is 0 Å². The van der Waals surface area contributed by atoms with Gasteiger partial charge in [-0.25, -0.2) is 12.8 Å². The Labute approximate surface area is 138 Å². The Bertz CT molecular complexity index is 883. The molecule has 0 heterocycles. The van der Waals surface area contributed by atoms with Crippen molar-refractivity contribution in [3.05, 3.63) is 57.9 Å². The molecule has 7 nitrogen and oxygen atoms in total. The first kappa shape index (κ1) is 17.7. The zero-order chi connectivity index (χ0) is 17.9. The Hall–Kier alpha value is -2.68. The second-order valence-electron chi connectivity index (χ2n) is 4.86. The highest BCUT2D eigenvalue weighted by Gasteiger charge is 2.28. The summed E-state index contributed by atoms with van der Waals surface area (Å²) in [6, 6.07) is 7.48. The number of nitro groups is 1. The molecule has 0 aromatic heterocycles. The number of sulfonamides is 1. The molecule has 0 fully saturated rings. The van der Waals surface area contributed by atoms with Gasteiger partial charge in [-0.2, -0.15) is 0 Å². The Balaban J connectivity index is 2.43. The number of hydrogen-bond acceptors (Lipinski definition) is 5. The van der Waals surface area contributed by atoms with Gasteiger partial charge in [0.15, 0.2) is 16.5 Å². The molecule has 128 valence electrons. The molecule has 0 aliphatic heterocycles. The fraction of sp³-hybridized carbons (Fsp3) is 0.200. The zero-order valence-electron chi connectivity index (χ0n) is 12.9. The van der Waals surface area contributed by atoms with E-state index in [1.165, 1.54) is 31.2 Å². The highest BCUT2D eigenvalue weighted by molar-refractivity contribution is 7.93. The summed E-state index contributed by atoms with van der Waals surface area (Å²) in [5.74, 6) is -0.751. The van der Waals surface area contributed by atoms with Crippen molar-refractivity contribution in [3.63, 3.8) is 0 Å². The summed E-state index contributed by atoms with van der Waals surface area (Å²) in [5.41, 5.74) is -0.398. The summed E-state index contributed by atoms with van der Waals surface area (Å²) in [6.45, 7) is 3.39. The maximum Gasteiger partial charge on any atom is 0.290 e. The molecule has 24 heavy (non-hydrogen) atoms. The van der Waals surface area contributed by atoms with Crippen LogP contribution >= 0.6 is 0 Å². The number of nitrogens with one attached hydrogen (secondary N) is 1. The van der Waals surface area contributed by atoms with Gasteiger partial charge in [0.1, 0.15) is 0 Å². The van der Waals surface area contributed by atoms with Crippen LogP contribution in [-0.4, -0.2) is 19.9 Å². The number of anilines is 1. The molecule has 0 saturated heterocycles. The van der Waals surface area contributed by atoms with Crippen LogP contribution < -0.4 is 9.46 Å². The molecule has 0 radical (unpaired) electrons. The van der Waals surface area contributed by atoms with E-state index in [2.05, 4.69) is 4.72 Å². The lowest BCUT2D eigenvalue weighted by molar-refractivity contribution is -0.387. The van der Waals surface area contributed by atoms with Crippen molar-refractivity contribution in [2.45, 2.75) is 18.7 Å². The molecule has 0 unspecified atom stereocenters. The number of benzene rings is 2. The summed E-state index contributed by atoms with van der Waals surface area (Å²) in [6.07, 6.45) is 0. The standard InChI is InChI=1S/C15H15FN2O5S/c1-3-23-14-8-7-11(9-12(14)16)17-24(21,22)15-10(2)5-4-6-13(15)18(19)20/h4-9,17H,3H2,1-2H3. The second kappa shape index (κ2) is 6.83. The third-order valence-electron chi connectivity index (χ3n) is 3.14. The molecule has 2 aromatic rings. The fourth-order valence-electron chi connectivity index (χ4n) is 2.17. The van der Waals surface area contributed by atoms with Crippen molar-refractivity contribution < 1.29 is 22.5 Å². The van der Waals surface area contributed by atoms with E-state index >= 15 is 0 Å². The third-order valence-corrected chi connectivity index (χ3v) is 4.71. The van der Waals surface area contributed by atoms with Gasteiger partial charge in [0.05, 0.1) is 17.2 Å². The normalized spacial score (nSPS) is 11.1. The second-order valence-corrected chi connectivity index (χ2v) is 6.48. The molecule has 0 aliphatic rings. The highest BCUT2D eigenvalue weighted by atomic mass is 32.2. The molecule has 2 aromatic carbocycles. The first-order valence-corrected chi connectivity index (χ1v) is 8.43. The van der Waals surface area contributed by atoms with Crippen molar-refractivity contribution >= 4 is 21.4 Å². The predicted octanol–water partition coefficient (Wildman–Crippen LogP) is 3.24. The fourth-order valence-corrected chi connectivity index (χ4v) is 3.62. The van der Waals surface area contributed by atoms with Gasteiger partial charge in [0, 0.05) is 12.1 Å². The lowest BCUT2D eigenvalue weighted by Gasteiger charge is -2.12. The number of halogens is 1. The molecule has 0 bridgehead atoms. The Morgan fingerprint density at radius 3 is 2.58 bits per heavy atom. The molecular formula is C15H15FN2O5S. The highest BCUT2D eigenvalue weighted by Crippen LogP contribution is 2.29. The van der Waals surface area contributed by atoms with E-state index < -0.39 is 31.3 Å². The Morgan fingerprint density at radius 1 is 1.29 bits per heavy atom. The maximum atomic E-state index is 13.8. The van der Waals surface area contributed by atoms with E-state index in [9.17, 15) is 22.9 Å². The van der Waals surface area contributed by atoms with Crippen LogP contribution in [0.5, 0.6) is 5.75 Å². The molecule has 9 heteroatoms. The minimum Gasteiger partial charge on any atom is -0.491 e. The quantitative estimate of drug-likeness (QED) is 0.634. The predicted molar refractivity (Wildman–Crippen MR) is 86.2 cm³/mol. The van der Waals surface area contributed by atoms with Crippen LogP contribution in [0.15, 0.2) is 41.3 Å². The number of nitrogens with zero attached hydrogens (tertiary/aromatic N) is 1. The van der Waals surface area contributed by atoms with E-state index in [0.717, 1.165) is 12.1 Å². The first-order valence-electron chi connectivity index (χ1n) is 6.95. The minimum absolute atomic E-state index is 0.0117. The molecule has 2 rings (SSSR count). The largest absolute Gasteiger partial charge is 0.491 e. The smallest absolute Gasteiger partial charge is 0.290 e. The summed E-state index contributed by atoms with van der Waals surface area (Å²) in [4.78, 5) is 9.85. The van der Waals surface area contributed by atoms with Crippen LogP contribution in [0.2, 0.25) is 0 Å². The molecule has 0 amide bonds. The van der Waals surface area contributed by atoms with Crippen molar-refractivity contribution in [3.8, 4) is 5.75 Å².